The lowest BCUT2D eigenvalue weighted by molar-refractivity contribution is -0.150. The Balaban J connectivity index is 1.59. The van der Waals surface area contributed by atoms with Crippen LogP contribution in [0.1, 0.15) is 145 Å². The summed E-state index contributed by atoms with van der Waals surface area (Å²) in [6.45, 7) is 14.2. The number of carbonyl (C=O) groups is 3. The second-order valence-corrected chi connectivity index (χ2v) is 12.7. The van der Waals surface area contributed by atoms with Crippen LogP contribution < -0.4 is 0 Å². The average Bonchev–Trinajstić information content (AvgIpc) is 3.56. The van der Waals surface area contributed by atoms with E-state index in [4.69, 9.17) is 18.6 Å². The summed E-state index contributed by atoms with van der Waals surface area (Å²) in [6, 6.07) is 1.66. The van der Waals surface area contributed by atoms with E-state index in [1.807, 2.05) is 13.8 Å². The van der Waals surface area contributed by atoms with Gasteiger partial charge in [-0.3, -0.25) is 4.79 Å². The molecule has 0 saturated carbocycles. The van der Waals surface area contributed by atoms with Crippen LogP contribution in [0.15, 0.2) is 46.4 Å². The molecule has 0 unspecified atom stereocenters. The maximum absolute atomic E-state index is 13.1. The van der Waals surface area contributed by atoms with Crippen LogP contribution in [0.3, 0.4) is 0 Å². The first kappa shape index (κ1) is 35.4. The molecule has 4 atom stereocenters. The summed E-state index contributed by atoms with van der Waals surface area (Å²) < 4.78 is 23.0. The quantitative estimate of drug-likeness (QED) is 0.0708. The zero-order valence-corrected chi connectivity index (χ0v) is 27.5. The van der Waals surface area contributed by atoms with Gasteiger partial charge in [-0.2, -0.15) is 0 Å². The smallest absolute Gasteiger partial charge is 0.341 e. The maximum atomic E-state index is 13.1. The van der Waals surface area contributed by atoms with Crippen LogP contribution in [-0.4, -0.2) is 37.2 Å². The molecule has 1 aromatic rings. The lowest BCUT2D eigenvalue weighted by atomic mass is 9.86. The van der Waals surface area contributed by atoms with Crippen molar-refractivity contribution in [2.24, 2.45) is 5.92 Å². The van der Waals surface area contributed by atoms with Crippen LogP contribution >= 0.6 is 0 Å². The van der Waals surface area contributed by atoms with E-state index in [1.54, 1.807) is 12.1 Å². The highest BCUT2D eigenvalue weighted by molar-refractivity contribution is 5.93. The minimum atomic E-state index is -0.790. The van der Waals surface area contributed by atoms with Crippen molar-refractivity contribution in [2.75, 3.05) is 7.11 Å². The van der Waals surface area contributed by atoms with Gasteiger partial charge < -0.3 is 18.6 Å². The van der Waals surface area contributed by atoms with E-state index in [9.17, 15) is 14.4 Å². The van der Waals surface area contributed by atoms with Crippen LogP contribution in [0.4, 0.5) is 0 Å². The molecule has 0 fully saturated rings. The van der Waals surface area contributed by atoms with Gasteiger partial charge >= 0.3 is 17.9 Å². The second kappa shape index (κ2) is 18.0. The molecule has 244 valence electrons. The van der Waals surface area contributed by atoms with Crippen molar-refractivity contribution in [3.63, 3.8) is 0 Å². The van der Waals surface area contributed by atoms with Gasteiger partial charge in [0, 0.05) is 12.8 Å². The average molecular weight is 611 g/mol. The summed E-state index contributed by atoms with van der Waals surface area (Å²) in [5, 5.41) is 0. The van der Waals surface area contributed by atoms with E-state index in [0.717, 1.165) is 24.8 Å². The van der Waals surface area contributed by atoms with E-state index in [2.05, 4.69) is 20.1 Å². The molecule has 3 rings (SSSR count). The molecule has 4 bridgehead atoms. The Bertz CT molecular complexity index is 1170. The number of fused-ring (bicyclic) bond motifs is 3. The second-order valence-electron chi connectivity index (χ2n) is 12.7. The Kier molecular flexibility index (Phi) is 14.5. The predicted octanol–water partition coefficient (Wildman–Crippen LogP) is 9.11. The largest absolute Gasteiger partial charge is 0.465 e. The van der Waals surface area contributed by atoms with Crippen LogP contribution in [0.5, 0.6) is 0 Å². The van der Waals surface area contributed by atoms with Gasteiger partial charge in [0.1, 0.15) is 29.3 Å². The highest BCUT2D eigenvalue weighted by Gasteiger charge is 2.41. The first-order valence-corrected chi connectivity index (χ1v) is 16.8. The number of methoxy groups -OCH3 is 1. The van der Waals surface area contributed by atoms with Crippen LogP contribution in [0, 0.1) is 5.92 Å². The van der Waals surface area contributed by atoms with Crippen molar-refractivity contribution in [3.8, 4) is 0 Å². The molecule has 0 saturated heterocycles. The highest BCUT2D eigenvalue weighted by atomic mass is 16.6. The number of allylic oxidation sites excluding steroid dienone is 1. The lowest BCUT2D eigenvalue weighted by Crippen LogP contribution is -2.27. The van der Waals surface area contributed by atoms with Crippen LogP contribution in [0.25, 0.3) is 0 Å². The van der Waals surface area contributed by atoms with Gasteiger partial charge in [-0.05, 0) is 44.7 Å². The fourth-order valence-electron chi connectivity index (χ4n) is 6.28. The van der Waals surface area contributed by atoms with Gasteiger partial charge in [-0.25, -0.2) is 9.59 Å². The standard InChI is InChI=1S/C37H54O7/c1-7-8-9-10-11-12-13-14-15-16-17-18-19-20-34(38)43-31-22-27(25(2)3)21-30-28(36(39)41-6)23-32(42-30)35(26(4)5)33-24-29(31)37(40)44-33/h23-24,27,31,33,35H,2,4,7-22H2,1,3,5-6H3/t27-,31-,33+,35-/m0/s1. The van der Waals surface area contributed by atoms with Crippen molar-refractivity contribution >= 4 is 17.9 Å². The Morgan fingerprint density at radius 3 is 2.05 bits per heavy atom. The molecular weight excluding hydrogens is 556 g/mol. The van der Waals surface area contributed by atoms with Crippen molar-refractivity contribution in [3.05, 3.63) is 59.1 Å². The molecule has 2 aliphatic rings. The monoisotopic (exact) mass is 610 g/mol. The van der Waals surface area contributed by atoms with Crippen LogP contribution in [0.2, 0.25) is 0 Å². The minimum absolute atomic E-state index is 0.222. The van der Waals surface area contributed by atoms with Crippen molar-refractivity contribution in [1.82, 2.24) is 0 Å². The van der Waals surface area contributed by atoms with Gasteiger partial charge in [0.25, 0.3) is 0 Å². The summed E-state index contributed by atoms with van der Waals surface area (Å²) in [4.78, 5) is 38.8. The molecule has 0 radical (unpaired) electrons. The number of esters is 3. The van der Waals surface area contributed by atoms with E-state index < -0.39 is 30.1 Å². The molecule has 0 aromatic carbocycles. The molecule has 2 aliphatic heterocycles. The normalized spacial score (nSPS) is 21.2. The van der Waals surface area contributed by atoms with E-state index in [0.29, 0.717) is 47.5 Å². The molecule has 44 heavy (non-hydrogen) atoms. The first-order chi connectivity index (χ1) is 21.2. The number of unbranched alkanes of at least 4 members (excludes halogenated alkanes) is 12. The van der Waals surface area contributed by atoms with Crippen molar-refractivity contribution < 1.29 is 33.0 Å². The SMILES string of the molecule is C=C(C)[C@H]1Cc2oc(cc2C(=O)OC)[C@H](C(=C)C)[C@H]2C=C(C(=O)O2)[C@@H](OC(=O)CCCCCCCCCCCCCCC)C1. The van der Waals surface area contributed by atoms with E-state index in [-0.39, 0.29) is 11.9 Å². The fraction of sp³-hybridized carbons (Fsp3) is 0.649. The third kappa shape index (κ3) is 10.2. The third-order valence-corrected chi connectivity index (χ3v) is 8.95. The maximum Gasteiger partial charge on any atom is 0.341 e. The van der Waals surface area contributed by atoms with Gasteiger partial charge in [-0.1, -0.05) is 108 Å². The Hall–Kier alpha value is -3.09. The highest BCUT2D eigenvalue weighted by Crippen LogP contribution is 2.40. The number of hydrogen-bond acceptors (Lipinski definition) is 7. The summed E-state index contributed by atoms with van der Waals surface area (Å²) in [7, 11) is 1.33. The molecule has 0 N–H and O–H groups in total. The van der Waals surface area contributed by atoms with Gasteiger partial charge in [0.2, 0.25) is 0 Å². The molecule has 0 spiro atoms. The molecule has 1 aromatic heterocycles. The Morgan fingerprint density at radius 1 is 0.909 bits per heavy atom. The molecule has 0 aliphatic carbocycles. The summed E-state index contributed by atoms with van der Waals surface area (Å²) in [6.07, 6.45) is 17.2. The number of rotatable bonds is 18. The zero-order valence-electron chi connectivity index (χ0n) is 27.5. The third-order valence-electron chi connectivity index (χ3n) is 8.95. The first-order valence-electron chi connectivity index (χ1n) is 16.8. The van der Waals surface area contributed by atoms with Gasteiger partial charge in [0.05, 0.1) is 18.6 Å². The van der Waals surface area contributed by atoms with Gasteiger partial charge in [0.15, 0.2) is 0 Å². The fourth-order valence-corrected chi connectivity index (χ4v) is 6.28. The zero-order chi connectivity index (χ0) is 32.1. The molecule has 3 heterocycles. The predicted molar refractivity (Wildman–Crippen MR) is 172 cm³/mol. The summed E-state index contributed by atoms with van der Waals surface area (Å²) >= 11 is 0. The van der Waals surface area contributed by atoms with Gasteiger partial charge in [-0.15, -0.1) is 0 Å². The molecule has 0 amide bonds. The summed E-state index contributed by atoms with van der Waals surface area (Å²) in [5.41, 5.74) is 2.20. The number of hydrogen-bond donors (Lipinski definition) is 0. The van der Waals surface area contributed by atoms with Crippen LogP contribution in [-0.2, 0) is 30.2 Å². The number of carbonyl (C=O) groups excluding carboxylic acids is 3. The number of ether oxygens (including phenoxy) is 3. The van der Waals surface area contributed by atoms with Crippen molar-refractivity contribution in [2.45, 2.75) is 142 Å². The lowest BCUT2D eigenvalue weighted by Gasteiger charge is -2.24. The van der Waals surface area contributed by atoms with Crippen molar-refractivity contribution in [1.29, 1.82) is 0 Å². The molecule has 7 heteroatoms. The van der Waals surface area contributed by atoms with E-state index >= 15 is 0 Å². The van der Waals surface area contributed by atoms with E-state index in [1.165, 1.54) is 71.3 Å². The summed E-state index contributed by atoms with van der Waals surface area (Å²) in [5.74, 6) is -1.12. The Morgan fingerprint density at radius 2 is 1.50 bits per heavy atom. The molecular formula is C37H54O7. The Labute approximate surface area is 264 Å². The minimum Gasteiger partial charge on any atom is -0.465 e. The number of furan rings is 1. The molecule has 7 nitrogen and oxygen atoms in total. The topological polar surface area (TPSA) is 92.0 Å².